The van der Waals surface area contributed by atoms with E-state index in [-0.39, 0.29) is 0 Å². The molecule has 0 aliphatic heterocycles. The van der Waals surface area contributed by atoms with Gasteiger partial charge in [0.1, 0.15) is 0 Å². The van der Waals surface area contributed by atoms with Crippen LogP contribution >= 0.6 is 0 Å². The highest BCUT2D eigenvalue weighted by atomic mass is 15.1. The van der Waals surface area contributed by atoms with Crippen LogP contribution < -0.4 is 4.90 Å². The molecule has 23 heavy (non-hydrogen) atoms. The number of allylic oxidation sites excluding steroid dienone is 9. The van der Waals surface area contributed by atoms with Gasteiger partial charge in [-0.2, -0.15) is 0 Å². The Morgan fingerprint density at radius 3 is 2.78 bits per heavy atom. The van der Waals surface area contributed by atoms with Crippen LogP contribution in [-0.4, -0.2) is 6.54 Å². The highest BCUT2D eigenvalue weighted by Crippen LogP contribution is 2.50. The lowest BCUT2D eigenvalue weighted by Crippen LogP contribution is -2.20. The van der Waals surface area contributed by atoms with Gasteiger partial charge in [-0.3, -0.25) is 0 Å². The van der Waals surface area contributed by atoms with E-state index in [1.54, 1.807) is 0 Å². The summed E-state index contributed by atoms with van der Waals surface area (Å²) in [7, 11) is 0. The molecule has 0 radical (unpaired) electrons. The molecule has 4 rings (SSSR count). The molecule has 1 aromatic carbocycles. The van der Waals surface area contributed by atoms with Gasteiger partial charge in [0, 0.05) is 17.9 Å². The van der Waals surface area contributed by atoms with E-state index in [1.165, 1.54) is 29.0 Å². The number of benzene rings is 1. The fraction of sp³-hybridized carbons (Fsp3) is 0.273. The molecule has 0 bridgehead atoms. The van der Waals surface area contributed by atoms with E-state index in [9.17, 15) is 0 Å². The average Bonchev–Trinajstić information content (AvgIpc) is 3.40. The van der Waals surface area contributed by atoms with Crippen LogP contribution in [0.25, 0.3) is 0 Å². The molecule has 3 aliphatic rings. The van der Waals surface area contributed by atoms with Crippen molar-refractivity contribution in [2.24, 2.45) is 11.8 Å². The van der Waals surface area contributed by atoms with Gasteiger partial charge in [-0.1, -0.05) is 54.7 Å². The normalized spacial score (nSPS) is 25.0. The predicted octanol–water partition coefficient (Wildman–Crippen LogP) is 5.42. The van der Waals surface area contributed by atoms with Crippen molar-refractivity contribution in [3.05, 3.63) is 89.7 Å². The van der Waals surface area contributed by atoms with Gasteiger partial charge in [0.2, 0.25) is 0 Å². The maximum absolute atomic E-state index is 2.38. The van der Waals surface area contributed by atoms with Gasteiger partial charge in [0.05, 0.1) is 0 Å². The first-order valence-corrected chi connectivity index (χ1v) is 8.66. The van der Waals surface area contributed by atoms with Crippen molar-refractivity contribution in [3.8, 4) is 0 Å². The highest BCUT2D eigenvalue weighted by molar-refractivity contribution is 5.57. The Morgan fingerprint density at radius 2 is 1.96 bits per heavy atom. The van der Waals surface area contributed by atoms with E-state index >= 15 is 0 Å². The number of fused-ring (bicyclic) bond motifs is 1. The van der Waals surface area contributed by atoms with Crippen molar-refractivity contribution in [1.82, 2.24) is 0 Å². The zero-order valence-corrected chi connectivity index (χ0v) is 13.7. The third kappa shape index (κ3) is 2.84. The molecule has 1 aromatic rings. The second-order valence-corrected chi connectivity index (χ2v) is 6.45. The molecule has 0 amide bonds. The van der Waals surface area contributed by atoms with Crippen molar-refractivity contribution in [2.75, 3.05) is 11.4 Å². The Hall–Kier alpha value is -2.28. The molecule has 3 aliphatic carbocycles. The monoisotopic (exact) mass is 301 g/mol. The molecule has 2 atom stereocenters. The summed E-state index contributed by atoms with van der Waals surface area (Å²) in [6.45, 7) is 3.19. The number of rotatable bonds is 4. The largest absolute Gasteiger partial charge is 0.342 e. The number of para-hydroxylation sites is 1. The molecule has 0 heterocycles. The van der Waals surface area contributed by atoms with Gasteiger partial charge >= 0.3 is 0 Å². The smallest absolute Gasteiger partial charge is 0.0410 e. The van der Waals surface area contributed by atoms with Crippen LogP contribution in [0.5, 0.6) is 0 Å². The highest BCUT2D eigenvalue weighted by Gasteiger charge is 2.39. The van der Waals surface area contributed by atoms with Crippen LogP contribution in [0.2, 0.25) is 0 Å². The van der Waals surface area contributed by atoms with Crippen LogP contribution in [0.1, 0.15) is 19.8 Å². The van der Waals surface area contributed by atoms with E-state index in [2.05, 4.69) is 84.7 Å². The first-order chi connectivity index (χ1) is 11.4. The van der Waals surface area contributed by atoms with Crippen molar-refractivity contribution >= 4 is 5.69 Å². The number of likely N-dealkylation sites (N-methyl/N-ethyl adjacent to an activating group) is 1. The van der Waals surface area contributed by atoms with Crippen molar-refractivity contribution in [2.45, 2.75) is 19.8 Å². The Kier molecular flexibility index (Phi) is 3.78. The fourth-order valence-electron chi connectivity index (χ4n) is 3.68. The van der Waals surface area contributed by atoms with Gasteiger partial charge in [-0.15, -0.1) is 0 Å². The Labute approximate surface area is 139 Å². The third-order valence-electron chi connectivity index (χ3n) is 5.00. The third-order valence-corrected chi connectivity index (χ3v) is 5.00. The van der Waals surface area contributed by atoms with Crippen LogP contribution in [0.15, 0.2) is 89.7 Å². The molecular weight excluding hydrogens is 278 g/mol. The van der Waals surface area contributed by atoms with Gasteiger partial charge in [0.15, 0.2) is 0 Å². The minimum Gasteiger partial charge on any atom is -0.342 e. The Morgan fingerprint density at radius 1 is 1.09 bits per heavy atom. The topological polar surface area (TPSA) is 3.24 Å². The molecule has 116 valence electrons. The average molecular weight is 301 g/mol. The van der Waals surface area contributed by atoms with Crippen molar-refractivity contribution < 1.29 is 0 Å². The second kappa shape index (κ2) is 6.08. The number of hydrogen-bond acceptors (Lipinski definition) is 1. The number of hydrogen-bond donors (Lipinski definition) is 0. The zero-order valence-electron chi connectivity index (χ0n) is 13.7. The second-order valence-electron chi connectivity index (χ2n) is 6.45. The van der Waals surface area contributed by atoms with E-state index in [4.69, 9.17) is 0 Å². The quantitative estimate of drug-likeness (QED) is 0.718. The van der Waals surface area contributed by atoms with Crippen LogP contribution in [0, 0.1) is 11.8 Å². The minimum atomic E-state index is 0.772. The molecule has 1 heteroatoms. The molecule has 0 spiro atoms. The first-order valence-electron chi connectivity index (χ1n) is 8.66. The van der Waals surface area contributed by atoms with Gasteiger partial charge < -0.3 is 4.90 Å². The van der Waals surface area contributed by atoms with Crippen LogP contribution in [-0.2, 0) is 0 Å². The molecule has 1 fully saturated rings. The lowest BCUT2D eigenvalue weighted by Gasteiger charge is -2.24. The molecular formula is C22H23N. The van der Waals surface area contributed by atoms with Crippen molar-refractivity contribution in [1.29, 1.82) is 0 Å². The fourth-order valence-corrected chi connectivity index (χ4v) is 3.68. The van der Waals surface area contributed by atoms with E-state index in [0.29, 0.717) is 0 Å². The lowest BCUT2D eigenvalue weighted by molar-refractivity contribution is 0.924. The van der Waals surface area contributed by atoms with Gasteiger partial charge in [0.25, 0.3) is 0 Å². The summed E-state index contributed by atoms with van der Waals surface area (Å²) in [5.41, 5.74) is 5.50. The summed E-state index contributed by atoms with van der Waals surface area (Å²) in [6.07, 6.45) is 18.5. The molecule has 0 saturated heterocycles. The van der Waals surface area contributed by atoms with Crippen molar-refractivity contribution in [3.63, 3.8) is 0 Å². The summed E-state index contributed by atoms with van der Waals surface area (Å²) in [4.78, 5) is 2.38. The van der Waals surface area contributed by atoms with Crippen LogP contribution in [0.3, 0.4) is 0 Å². The molecule has 1 saturated carbocycles. The number of nitrogens with zero attached hydrogens (tertiary/aromatic N) is 1. The summed E-state index contributed by atoms with van der Waals surface area (Å²) in [6, 6.07) is 10.6. The molecule has 1 nitrogen and oxygen atoms in total. The van der Waals surface area contributed by atoms with E-state index in [0.717, 1.165) is 24.8 Å². The van der Waals surface area contributed by atoms with E-state index < -0.39 is 0 Å². The van der Waals surface area contributed by atoms with Gasteiger partial charge in [-0.25, -0.2) is 0 Å². The standard InChI is InChI=1S/C22H23N/c1-2-23(19-10-4-3-5-11-19)20-12-6-8-17(14-15-20)21-13-7-9-18-16-22(18)21/h3-5,7-15,18,22H,2,6,16H2,1H3. The molecule has 0 N–H and O–H groups in total. The maximum Gasteiger partial charge on any atom is 0.0410 e. The minimum absolute atomic E-state index is 0.772. The summed E-state index contributed by atoms with van der Waals surface area (Å²) >= 11 is 0. The summed E-state index contributed by atoms with van der Waals surface area (Å²) < 4.78 is 0. The molecule has 2 unspecified atom stereocenters. The predicted molar refractivity (Wildman–Crippen MR) is 98.2 cm³/mol. The zero-order chi connectivity index (χ0) is 15.6. The van der Waals surface area contributed by atoms with E-state index in [1.807, 2.05) is 0 Å². The Bertz CT molecular complexity index is 730. The van der Waals surface area contributed by atoms with Crippen LogP contribution in [0.4, 0.5) is 5.69 Å². The van der Waals surface area contributed by atoms with Gasteiger partial charge in [-0.05, 0) is 61.0 Å². The SMILES string of the molecule is CCN(C1=CCC=C(C2=CC=CC3CC23)C=C1)c1ccccc1. The summed E-state index contributed by atoms with van der Waals surface area (Å²) in [5, 5.41) is 0. The molecule has 0 aromatic heterocycles. The lowest BCUT2D eigenvalue weighted by atomic mass is 9.96. The first kappa shape index (κ1) is 14.3. The number of anilines is 1. The maximum atomic E-state index is 2.38. The Balaban J connectivity index is 1.56. The summed E-state index contributed by atoms with van der Waals surface area (Å²) in [5.74, 6) is 1.57.